The Labute approximate surface area is 143 Å². The molecule has 6 heteroatoms. The summed E-state index contributed by atoms with van der Waals surface area (Å²) in [6.07, 6.45) is 1.77. The van der Waals surface area contributed by atoms with E-state index < -0.39 is 0 Å². The fourth-order valence-electron chi connectivity index (χ4n) is 2.86. The summed E-state index contributed by atoms with van der Waals surface area (Å²) in [5.41, 5.74) is 2.55. The molecule has 5 nitrogen and oxygen atoms in total. The van der Waals surface area contributed by atoms with Crippen molar-refractivity contribution in [1.82, 2.24) is 0 Å². The summed E-state index contributed by atoms with van der Waals surface area (Å²) in [7, 11) is 0. The number of rotatable bonds is 1. The number of carbonyl (C=O) groups excluding carboxylic acids is 2. The minimum Gasteiger partial charge on any atom is -0.488 e. The lowest BCUT2D eigenvalue weighted by Crippen LogP contribution is -2.43. The van der Waals surface area contributed by atoms with Gasteiger partial charge in [0.1, 0.15) is 18.9 Å². The summed E-state index contributed by atoms with van der Waals surface area (Å²) in [5.74, 6) is 0.221. The van der Waals surface area contributed by atoms with Gasteiger partial charge < -0.3 is 10.1 Å². The summed E-state index contributed by atoms with van der Waals surface area (Å²) in [6.45, 7) is 0.142. The molecule has 0 atom stereocenters. The van der Waals surface area contributed by atoms with Crippen molar-refractivity contribution in [3.63, 3.8) is 0 Å². The highest BCUT2D eigenvalue weighted by atomic mass is 35.5. The van der Waals surface area contributed by atoms with Crippen molar-refractivity contribution < 1.29 is 14.3 Å². The molecule has 4 rings (SSSR count). The molecule has 24 heavy (non-hydrogen) atoms. The van der Waals surface area contributed by atoms with Gasteiger partial charge in [0.05, 0.1) is 16.9 Å². The summed E-state index contributed by atoms with van der Waals surface area (Å²) >= 11 is 6.01. The third-order valence-electron chi connectivity index (χ3n) is 3.98. The number of carbonyl (C=O) groups is 2. The van der Waals surface area contributed by atoms with Crippen LogP contribution in [0.2, 0.25) is 5.02 Å². The first-order chi connectivity index (χ1) is 11.6. The lowest BCUT2D eigenvalue weighted by atomic mass is 10.1. The van der Waals surface area contributed by atoms with Crippen LogP contribution in [0.15, 0.2) is 48.0 Å². The van der Waals surface area contributed by atoms with Crippen LogP contribution in [0, 0.1) is 0 Å². The van der Waals surface area contributed by atoms with Crippen molar-refractivity contribution in [3.05, 3.63) is 58.6 Å². The van der Waals surface area contributed by atoms with E-state index in [1.54, 1.807) is 30.3 Å². The highest BCUT2D eigenvalue weighted by Gasteiger charge is 2.30. The second-order valence-electron chi connectivity index (χ2n) is 5.60. The molecule has 0 spiro atoms. The number of fused-ring (bicyclic) bond motifs is 2. The predicted molar refractivity (Wildman–Crippen MR) is 92.3 cm³/mol. The summed E-state index contributed by atoms with van der Waals surface area (Å²) in [4.78, 5) is 26.3. The third kappa shape index (κ3) is 2.53. The standard InChI is InChI=1S/C18H13ClN2O3/c19-13-5-6-16-11(8-13)7-12(10-24-16)18(23)21-9-17(22)20-14-3-1-2-4-15(14)21/h1-8H,9-10H2,(H,20,22). The van der Waals surface area contributed by atoms with Crippen LogP contribution < -0.4 is 15.0 Å². The van der Waals surface area contributed by atoms with Gasteiger partial charge in [0.25, 0.3) is 5.91 Å². The molecular formula is C18H13ClN2O3. The SMILES string of the molecule is O=C1CN(C(=O)C2=Cc3cc(Cl)ccc3OC2)c2ccccc2N1. The number of hydrogen-bond acceptors (Lipinski definition) is 3. The van der Waals surface area contributed by atoms with Gasteiger partial charge in [-0.15, -0.1) is 0 Å². The molecule has 2 heterocycles. The molecule has 2 aliphatic heterocycles. The number of anilines is 2. The number of benzene rings is 2. The Balaban J connectivity index is 1.71. The van der Waals surface area contributed by atoms with E-state index in [0.717, 1.165) is 5.56 Å². The fourth-order valence-corrected chi connectivity index (χ4v) is 3.04. The van der Waals surface area contributed by atoms with E-state index in [0.29, 0.717) is 27.7 Å². The van der Waals surface area contributed by atoms with Gasteiger partial charge in [-0.25, -0.2) is 0 Å². The zero-order valence-corrected chi connectivity index (χ0v) is 13.3. The van der Waals surface area contributed by atoms with Crippen LogP contribution in [0.3, 0.4) is 0 Å². The molecule has 2 aromatic rings. The Morgan fingerprint density at radius 3 is 2.92 bits per heavy atom. The van der Waals surface area contributed by atoms with Crippen LogP contribution >= 0.6 is 11.6 Å². The van der Waals surface area contributed by atoms with E-state index in [4.69, 9.17) is 16.3 Å². The lowest BCUT2D eigenvalue weighted by Gasteiger charge is -2.30. The van der Waals surface area contributed by atoms with Gasteiger partial charge >= 0.3 is 0 Å². The minimum absolute atomic E-state index is 0.0183. The van der Waals surface area contributed by atoms with E-state index in [2.05, 4.69) is 5.32 Å². The smallest absolute Gasteiger partial charge is 0.258 e. The highest BCUT2D eigenvalue weighted by Crippen LogP contribution is 2.33. The molecule has 0 saturated carbocycles. The van der Waals surface area contributed by atoms with Crippen molar-refractivity contribution in [3.8, 4) is 5.75 Å². The quantitative estimate of drug-likeness (QED) is 0.867. The first-order valence-electron chi connectivity index (χ1n) is 7.45. The monoisotopic (exact) mass is 340 g/mol. The topological polar surface area (TPSA) is 58.6 Å². The number of nitrogens with zero attached hydrogens (tertiary/aromatic N) is 1. The van der Waals surface area contributed by atoms with Gasteiger partial charge in [-0.05, 0) is 36.4 Å². The summed E-state index contributed by atoms with van der Waals surface area (Å²) in [5, 5.41) is 3.34. The Bertz CT molecular complexity index is 892. The van der Waals surface area contributed by atoms with E-state index in [1.807, 2.05) is 18.2 Å². The number of para-hydroxylation sites is 2. The normalized spacial score (nSPS) is 15.6. The summed E-state index contributed by atoms with van der Waals surface area (Å²) < 4.78 is 5.64. The maximum absolute atomic E-state index is 12.9. The van der Waals surface area contributed by atoms with E-state index >= 15 is 0 Å². The molecule has 0 saturated heterocycles. The van der Waals surface area contributed by atoms with Crippen molar-refractivity contribution in [2.75, 3.05) is 23.4 Å². The Morgan fingerprint density at radius 2 is 2.04 bits per heavy atom. The Kier molecular flexibility index (Phi) is 3.50. The average molecular weight is 341 g/mol. The molecule has 0 fully saturated rings. The number of amides is 2. The van der Waals surface area contributed by atoms with Gasteiger partial charge in [-0.2, -0.15) is 0 Å². The van der Waals surface area contributed by atoms with Crippen molar-refractivity contribution in [2.45, 2.75) is 0 Å². The van der Waals surface area contributed by atoms with Gasteiger partial charge in [0.15, 0.2) is 0 Å². The molecule has 0 aromatic heterocycles. The molecule has 2 aromatic carbocycles. The third-order valence-corrected chi connectivity index (χ3v) is 4.21. The molecule has 2 amide bonds. The van der Waals surface area contributed by atoms with E-state index in [9.17, 15) is 9.59 Å². The number of nitrogens with one attached hydrogen (secondary N) is 1. The second-order valence-corrected chi connectivity index (χ2v) is 6.03. The minimum atomic E-state index is -0.247. The predicted octanol–water partition coefficient (Wildman–Crippen LogP) is 3.10. The molecule has 0 bridgehead atoms. The van der Waals surface area contributed by atoms with Crippen molar-refractivity contribution >= 4 is 40.9 Å². The maximum Gasteiger partial charge on any atom is 0.258 e. The van der Waals surface area contributed by atoms with Crippen LogP contribution in [0.25, 0.3) is 6.08 Å². The van der Waals surface area contributed by atoms with Gasteiger partial charge in [-0.1, -0.05) is 23.7 Å². The molecule has 0 aliphatic carbocycles. The number of halogens is 1. The van der Waals surface area contributed by atoms with Gasteiger partial charge in [0, 0.05) is 10.6 Å². The average Bonchev–Trinajstić information content (AvgIpc) is 2.59. The molecular weight excluding hydrogens is 328 g/mol. The van der Waals surface area contributed by atoms with E-state index in [-0.39, 0.29) is 25.0 Å². The zero-order valence-electron chi connectivity index (χ0n) is 12.6. The fraction of sp³-hybridized carbons (Fsp3) is 0.111. The first-order valence-corrected chi connectivity index (χ1v) is 7.83. The second kappa shape index (κ2) is 5.69. The lowest BCUT2D eigenvalue weighted by molar-refractivity contribution is -0.119. The maximum atomic E-state index is 12.9. The van der Waals surface area contributed by atoms with Crippen LogP contribution in [-0.4, -0.2) is 25.0 Å². The zero-order chi connectivity index (χ0) is 16.7. The largest absolute Gasteiger partial charge is 0.488 e. The molecule has 1 N–H and O–H groups in total. The molecule has 2 aliphatic rings. The van der Waals surface area contributed by atoms with E-state index in [1.165, 1.54) is 4.90 Å². The van der Waals surface area contributed by atoms with Crippen LogP contribution in [0.1, 0.15) is 5.56 Å². The van der Waals surface area contributed by atoms with Crippen molar-refractivity contribution in [1.29, 1.82) is 0 Å². The molecule has 0 unspecified atom stereocenters. The number of ether oxygens (including phenoxy) is 1. The Hall–Kier alpha value is -2.79. The highest BCUT2D eigenvalue weighted by molar-refractivity contribution is 6.30. The Morgan fingerprint density at radius 1 is 1.21 bits per heavy atom. The van der Waals surface area contributed by atoms with Crippen LogP contribution in [-0.2, 0) is 9.59 Å². The van der Waals surface area contributed by atoms with Crippen molar-refractivity contribution in [2.24, 2.45) is 0 Å². The van der Waals surface area contributed by atoms with Gasteiger partial charge in [0.2, 0.25) is 5.91 Å². The van der Waals surface area contributed by atoms with Crippen LogP contribution in [0.4, 0.5) is 11.4 Å². The number of hydrogen-bond donors (Lipinski definition) is 1. The molecule has 0 radical (unpaired) electrons. The summed E-state index contributed by atoms with van der Waals surface area (Å²) in [6, 6.07) is 12.5. The molecule has 120 valence electrons. The first kappa shape index (κ1) is 14.8. The van der Waals surface area contributed by atoms with Gasteiger partial charge in [-0.3, -0.25) is 14.5 Å². The van der Waals surface area contributed by atoms with Crippen LogP contribution in [0.5, 0.6) is 5.75 Å².